The Balaban J connectivity index is 2.27. The van der Waals surface area contributed by atoms with E-state index in [2.05, 4.69) is 19.2 Å². The summed E-state index contributed by atoms with van der Waals surface area (Å²) >= 11 is 0. The lowest BCUT2D eigenvalue weighted by atomic mass is 9.78. The number of hydrogen-bond acceptors (Lipinski definition) is 2. The van der Waals surface area contributed by atoms with Crippen LogP contribution in [0.2, 0.25) is 0 Å². The van der Waals surface area contributed by atoms with Gasteiger partial charge in [0, 0.05) is 6.04 Å². The second-order valence-electron chi connectivity index (χ2n) is 7.24. The molecule has 114 valence electrons. The van der Waals surface area contributed by atoms with Gasteiger partial charge in [0.2, 0.25) is 11.8 Å². The smallest absolute Gasteiger partial charge is 0.245 e. The Kier molecular flexibility index (Phi) is 4.40. The van der Waals surface area contributed by atoms with Gasteiger partial charge in [-0.25, -0.2) is 0 Å². The minimum atomic E-state index is -0.384. The fourth-order valence-corrected chi connectivity index (χ4v) is 4.01. The van der Waals surface area contributed by atoms with E-state index in [1.54, 1.807) is 6.92 Å². The lowest BCUT2D eigenvalue weighted by molar-refractivity contribution is -0.155. The fourth-order valence-electron chi connectivity index (χ4n) is 4.01. The molecule has 2 fully saturated rings. The van der Waals surface area contributed by atoms with Crippen molar-refractivity contribution in [2.75, 3.05) is 0 Å². The van der Waals surface area contributed by atoms with Gasteiger partial charge in [-0.15, -0.1) is 0 Å². The fraction of sp³-hybridized carbons (Fsp3) is 0.875. The average molecular weight is 280 g/mol. The van der Waals surface area contributed by atoms with Gasteiger partial charge in [0.25, 0.3) is 0 Å². The summed E-state index contributed by atoms with van der Waals surface area (Å²) in [6.45, 7) is 10.3. The van der Waals surface area contributed by atoms with Crippen molar-refractivity contribution >= 4 is 11.8 Å². The predicted molar refractivity (Wildman–Crippen MR) is 79.0 cm³/mol. The van der Waals surface area contributed by atoms with Crippen molar-refractivity contribution in [2.24, 2.45) is 17.8 Å². The summed E-state index contributed by atoms with van der Waals surface area (Å²) < 4.78 is 0. The topological polar surface area (TPSA) is 49.4 Å². The van der Waals surface area contributed by atoms with Crippen molar-refractivity contribution < 1.29 is 9.59 Å². The quantitative estimate of drug-likeness (QED) is 0.843. The first-order chi connectivity index (χ1) is 9.31. The Labute approximate surface area is 122 Å². The number of nitrogens with one attached hydrogen (secondary N) is 1. The van der Waals surface area contributed by atoms with Crippen LogP contribution in [-0.2, 0) is 9.59 Å². The molecule has 0 aromatic heterocycles. The Bertz CT molecular complexity index is 384. The molecule has 1 N–H and O–H groups in total. The molecular formula is C16H28N2O2. The highest BCUT2D eigenvalue weighted by Gasteiger charge is 2.44. The van der Waals surface area contributed by atoms with Gasteiger partial charge in [-0.2, -0.15) is 0 Å². The van der Waals surface area contributed by atoms with Crippen LogP contribution in [0.25, 0.3) is 0 Å². The molecule has 2 aliphatic rings. The summed E-state index contributed by atoms with van der Waals surface area (Å²) in [6.07, 6.45) is 3.28. The van der Waals surface area contributed by atoms with E-state index in [-0.39, 0.29) is 35.9 Å². The number of piperazine rings is 1. The Morgan fingerprint density at radius 1 is 1.05 bits per heavy atom. The monoisotopic (exact) mass is 280 g/mol. The highest BCUT2D eigenvalue weighted by atomic mass is 16.2. The van der Waals surface area contributed by atoms with Crippen LogP contribution < -0.4 is 5.32 Å². The van der Waals surface area contributed by atoms with E-state index in [1.807, 2.05) is 18.7 Å². The molecule has 1 saturated carbocycles. The Morgan fingerprint density at radius 2 is 1.60 bits per heavy atom. The number of carbonyl (C=O) groups excluding carboxylic acids is 2. The largest absolute Gasteiger partial charge is 0.343 e. The standard InChI is InChI=1S/C16H28N2O2/c1-9(2)14-15(19)17-12(5)16(20)18(14)13-7-10(3)6-11(4)8-13/h9-14H,6-8H2,1-5H3,(H,17,19). The van der Waals surface area contributed by atoms with E-state index in [1.165, 1.54) is 6.42 Å². The zero-order valence-corrected chi connectivity index (χ0v) is 13.3. The van der Waals surface area contributed by atoms with Gasteiger partial charge in [-0.1, -0.05) is 27.7 Å². The SMILES string of the molecule is CC1CC(C)CC(N2C(=O)C(C)NC(=O)C2C(C)C)C1. The third-order valence-electron chi connectivity index (χ3n) is 4.73. The summed E-state index contributed by atoms with van der Waals surface area (Å²) in [5, 5.41) is 2.82. The molecule has 0 radical (unpaired) electrons. The predicted octanol–water partition coefficient (Wildman–Crippen LogP) is 2.18. The second-order valence-corrected chi connectivity index (χ2v) is 7.24. The molecule has 4 nitrogen and oxygen atoms in total. The molecule has 4 heteroatoms. The summed E-state index contributed by atoms with van der Waals surface area (Å²) in [4.78, 5) is 26.8. The van der Waals surface area contributed by atoms with Crippen LogP contribution in [0, 0.1) is 17.8 Å². The van der Waals surface area contributed by atoms with Crippen molar-refractivity contribution in [2.45, 2.75) is 72.0 Å². The molecule has 1 heterocycles. The third-order valence-corrected chi connectivity index (χ3v) is 4.73. The average Bonchev–Trinajstić information content (AvgIpc) is 2.31. The minimum absolute atomic E-state index is 0.0120. The second kappa shape index (κ2) is 5.74. The van der Waals surface area contributed by atoms with E-state index in [0.29, 0.717) is 11.8 Å². The maximum Gasteiger partial charge on any atom is 0.245 e. The Hall–Kier alpha value is -1.06. The van der Waals surface area contributed by atoms with Crippen molar-refractivity contribution in [1.82, 2.24) is 10.2 Å². The molecule has 0 aromatic carbocycles. The maximum atomic E-state index is 12.6. The van der Waals surface area contributed by atoms with Gasteiger partial charge in [-0.05, 0) is 43.9 Å². The van der Waals surface area contributed by atoms with Gasteiger partial charge in [0.1, 0.15) is 12.1 Å². The summed E-state index contributed by atoms with van der Waals surface area (Å²) in [6, 6.07) is -0.464. The van der Waals surface area contributed by atoms with Crippen LogP contribution in [0.1, 0.15) is 53.9 Å². The number of nitrogens with zero attached hydrogens (tertiary/aromatic N) is 1. The molecule has 20 heavy (non-hydrogen) atoms. The molecule has 1 aliphatic heterocycles. The lowest BCUT2D eigenvalue weighted by Gasteiger charge is -2.47. The minimum Gasteiger partial charge on any atom is -0.343 e. The Morgan fingerprint density at radius 3 is 2.10 bits per heavy atom. The van der Waals surface area contributed by atoms with Gasteiger partial charge in [0.15, 0.2) is 0 Å². The number of rotatable bonds is 2. The molecule has 2 amide bonds. The maximum absolute atomic E-state index is 12.6. The van der Waals surface area contributed by atoms with E-state index in [9.17, 15) is 9.59 Å². The molecular weight excluding hydrogens is 252 g/mol. The summed E-state index contributed by atoms with van der Waals surface area (Å²) in [5.41, 5.74) is 0. The van der Waals surface area contributed by atoms with Crippen LogP contribution in [0.15, 0.2) is 0 Å². The summed E-state index contributed by atoms with van der Waals surface area (Å²) in [7, 11) is 0. The van der Waals surface area contributed by atoms with E-state index in [0.717, 1.165) is 12.8 Å². The van der Waals surface area contributed by atoms with E-state index in [4.69, 9.17) is 0 Å². The molecule has 0 bridgehead atoms. The molecule has 4 unspecified atom stereocenters. The van der Waals surface area contributed by atoms with Crippen molar-refractivity contribution in [3.8, 4) is 0 Å². The highest BCUT2D eigenvalue weighted by molar-refractivity contribution is 5.97. The number of carbonyl (C=O) groups is 2. The molecule has 0 aromatic rings. The third kappa shape index (κ3) is 2.84. The molecule has 4 atom stereocenters. The summed E-state index contributed by atoms with van der Waals surface area (Å²) in [5.74, 6) is 1.51. The molecule has 0 spiro atoms. The molecule has 1 saturated heterocycles. The normalized spacial score (nSPS) is 39.1. The zero-order valence-electron chi connectivity index (χ0n) is 13.3. The lowest BCUT2D eigenvalue weighted by Crippen LogP contribution is -2.67. The van der Waals surface area contributed by atoms with Crippen molar-refractivity contribution in [3.05, 3.63) is 0 Å². The van der Waals surface area contributed by atoms with Crippen LogP contribution in [0.4, 0.5) is 0 Å². The van der Waals surface area contributed by atoms with Crippen molar-refractivity contribution in [3.63, 3.8) is 0 Å². The molecule has 2 rings (SSSR count). The van der Waals surface area contributed by atoms with Crippen LogP contribution in [0.5, 0.6) is 0 Å². The zero-order chi connectivity index (χ0) is 15.0. The van der Waals surface area contributed by atoms with Gasteiger partial charge in [0.05, 0.1) is 0 Å². The van der Waals surface area contributed by atoms with Crippen LogP contribution in [0.3, 0.4) is 0 Å². The molecule has 1 aliphatic carbocycles. The first kappa shape index (κ1) is 15.3. The first-order valence-corrected chi connectivity index (χ1v) is 7.93. The number of hydrogen-bond donors (Lipinski definition) is 1. The highest BCUT2D eigenvalue weighted by Crippen LogP contribution is 2.34. The van der Waals surface area contributed by atoms with Gasteiger partial charge >= 0.3 is 0 Å². The van der Waals surface area contributed by atoms with E-state index < -0.39 is 0 Å². The van der Waals surface area contributed by atoms with Crippen LogP contribution in [-0.4, -0.2) is 34.8 Å². The first-order valence-electron chi connectivity index (χ1n) is 7.93. The van der Waals surface area contributed by atoms with Crippen molar-refractivity contribution in [1.29, 1.82) is 0 Å². The van der Waals surface area contributed by atoms with Crippen LogP contribution >= 0.6 is 0 Å². The van der Waals surface area contributed by atoms with Gasteiger partial charge in [-0.3, -0.25) is 9.59 Å². The van der Waals surface area contributed by atoms with Gasteiger partial charge < -0.3 is 10.2 Å². The van der Waals surface area contributed by atoms with E-state index >= 15 is 0 Å². The number of amides is 2.